The molecular formula is C20H20ClF2N5O3S2. The third-order valence-corrected chi connectivity index (χ3v) is 7.42. The molecule has 1 atom stereocenters. The molecule has 1 amide bonds. The van der Waals surface area contributed by atoms with Crippen LogP contribution in [0.4, 0.5) is 19.6 Å². The van der Waals surface area contributed by atoms with Gasteiger partial charge in [0.05, 0.1) is 22.3 Å². The molecule has 0 unspecified atom stereocenters. The average molecular weight is 516 g/mol. The minimum Gasteiger partial charge on any atom is -0.320 e. The number of pyridine rings is 1. The number of sulfonamides is 1. The van der Waals surface area contributed by atoms with Crippen molar-refractivity contribution in [3.63, 3.8) is 0 Å². The Morgan fingerprint density at radius 1 is 1.24 bits per heavy atom. The predicted octanol–water partition coefficient (Wildman–Crippen LogP) is 4.17. The van der Waals surface area contributed by atoms with Gasteiger partial charge in [-0.3, -0.25) is 9.52 Å². The summed E-state index contributed by atoms with van der Waals surface area (Å²) in [6.07, 6.45) is 1.38. The zero-order valence-corrected chi connectivity index (χ0v) is 20.1. The fourth-order valence-electron chi connectivity index (χ4n) is 2.79. The Morgan fingerprint density at radius 2 is 1.88 bits per heavy atom. The molecule has 33 heavy (non-hydrogen) atoms. The van der Waals surface area contributed by atoms with Crippen LogP contribution in [-0.4, -0.2) is 30.3 Å². The number of amides is 1. The number of nitrogens with two attached hydrogens (primary N) is 1. The smallest absolute Gasteiger partial charge is 0.267 e. The molecule has 0 aliphatic rings. The van der Waals surface area contributed by atoms with Crippen molar-refractivity contribution in [3.8, 4) is 10.4 Å². The van der Waals surface area contributed by atoms with Gasteiger partial charge in [-0.2, -0.15) is 0 Å². The highest BCUT2D eigenvalue weighted by Gasteiger charge is 2.26. The highest BCUT2D eigenvalue weighted by molar-refractivity contribution is 7.92. The van der Waals surface area contributed by atoms with Crippen molar-refractivity contribution >= 4 is 49.7 Å². The number of aromatic nitrogens is 2. The Bertz CT molecular complexity index is 1290. The third kappa shape index (κ3) is 5.46. The monoisotopic (exact) mass is 515 g/mol. The van der Waals surface area contributed by atoms with E-state index in [1.165, 1.54) is 12.3 Å². The summed E-state index contributed by atoms with van der Waals surface area (Å²) >= 11 is 7.15. The van der Waals surface area contributed by atoms with E-state index in [-0.39, 0.29) is 22.7 Å². The molecule has 0 saturated heterocycles. The van der Waals surface area contributed by atoms with Crippen molar-refractivity contribution in [2.45, 2.75) is 31.7 Å². The number of rotatable bonds is 7. The van der Waals surface area contributed by atoms with Crippen LogP contribution in [0.3, 0.4) is 0 Å². The number of hydrogen-bond acceptors (Lipinski definition) is 7. The highest BCUT2D eigenvalue weighted by atomic mass is 35.5. The predicted molar refractivity (Wildman–Crippen MR) is 124 cm³/mol. The van der Waals surface area contributed by atoms with Crippen LogP contribution < -0.4 is 15.8 Å². The minimum atomic E-state index is -4.64. The number of halogens is 3. The Labute approximate surface area is 198 Å². The van der Waals surface area contributed by atoms with E-state index in [4.69, 9.17) is 17.3 Å². The van der Waals surface area contributed by atoms with Crippen LogP contribution in [0.15, 0.2) is 35.4 Å². The summed E-state index contributed by atoms with van der Waals surface area (Å²) < 4.78 is 55.3. The first kappa shape index (κ1) is 25.0. The lowest BCUT2D eigenvalue weighted by Gasteiger charge is -2.13. The molecule has 0 bridgehead atoms. The maximum absolute atomic E-state index is 14.0. The molecule has 2 heterocycles. The molecule has 0 radical (unpaired) electrons. The summed E-state index contributed by atoms with van der Waals surface area (Å²) in [7, 11) is -4.64. The van der Waals surface area contributed by atoms with Gasteiger partial charge in [0.15, 0.2) is 15.2 Å². The molecule has 4 N–H and O–H groups in total. The Kier molecular flexibility index (Phi) is 7.32. The summed E-state index contributed by atoms with van der Waals surface area (Å²) in [5, 5.41) is 2.73. The van der Waals surface area contributed by atoms with Crippen LogP contribution in [0.25, 0.3) is 10.4 Å². The minimum absolute atomic E-state index is 0.0686. The second-order valence-corrected chi connectivity index (χ2v) is 10.4. The van der Waals surface area contributed by atoms with Crippen LogP contribution >= 0.6 is 22.9 Å². The van der Waals surface area contributed by atoms with Crippen molar-refractivity contribution in [2.24, 2.45) is 11.7 Å². The summed E-state index contributed by atoms with van der Waals surface area (Å²) in [5.74, 6) is -2.96. The van der Waals surface area contributed by atoms with Gasteiger partial charge in [-0.05, 0) is 31.0 Å². The average Bonchev–Trinajstić information content (AvgIpc) is 3.08. The molecule has 0 fully saturated rings. The van der Waals surface area contributed by atoms with E-state index in [0.29, 0.717) is 21.3 Å². The lowest BCUT2D eigenvalue weighted by atomic mass is 10.1. The van der Waals surface area contributed by atoms with Gasteiger partial charge in [-0.25, -0.2) is 27.2 Å². The van der Waals surface area contributed by atoms with Gasteiger partial charge in [0, 0.05) is 11.8 Å². The SMILES string of the molecule is Cc1nc(NC(=O)[C@@H](N)C(C)C)sc1-c1cnc(Cl)c(NS(=O)(=O)c2c(F)cccc2F)c1. The van der Waals surface area contributed by atoms with Gasteiger partial charge in [-0.15, -0.1) is 0 Å². The molecule has 3 aromatic rings. The Balaban J connectivity index is 1.93. The fraction of sp³-hybridized carbons (Fsp3) is 0.250. The van der Waals surface area contributed by atoms with E-state index < -0.39 is 32.6 Å². The molecule has 0 aliphatic heterocycles. The molecule has 0 spiro atoms. The van der Waals surface area contributed by atoms with Crippen molar-refractivity contribution in [1.29, 1.82) is 0 Å². The molecule has 0 saturated carbocycles. The third-order valence-electron chi connectivity index (χ3n) is 4.58. The van der Waals surface area contributed by atoms with Gasteiger partial charge >= 0.3 is 0 Å². The standard InChI is InChI=1S/C20H20ClF2N5O3S2/c1-9(2)15(24)19(29)27-20-26-10(3)16(32-20)11-7-14(18(21)25-8-11)28-33(30,31)17-12(22)5-4-6-13(17)23/h4-9,15,28H,24H2,1-3H3,(H,26,27,29)/t15-/m0/s1. The largest absolute Gasteiger partial charge is 0.320 e. The molecule has 13 heteroatoms. The number of hydrogen-bond donors (Lipinski definition) is 3. The molecule has 3 rings (SSSR count). The van der Waals surface area contributed by atoms with Crippen molar-refractivity contribution in [3.05, 3.63) is 52.9 Å². The van der Waals surface area contributed by atoms with E-state index >= 15 is 0 Å². The molecule has 176 valence electrons. The highest BCUT2D eigenvalue weighted by Crippen LogP contribution is 2.36. The van der Waals surface area contributed by atoms with Crippen molar-refractivity contribution in [1.82, 2.24) is 9.97 Å². The Morgan fingerprint density at radius 3 is 2.48 bits per heavy atom. The van der Waals surface area contributed by atoms with Crippen LogP contribution in [0, 0.1) is 24.5 Å². The van der Waals surface area contributed by atoms with E-state index in [1.807, 2.05) is 13.8 Å². The summed E-state index contributed by atoms with van der Waals surface area (Å²) in [5.41, 5.74) is 6.63. The maximum atomic E-state index is 14.0. The van der Waals surface area contributed by atoms with Crippen LogP contribution in [-0.2, 0) is 14.8 Å². The first-order valence-electron chi connectivity index (χ1n) is 9.57. The molecular weight excluding hydrogens is 496 g/mol. The fourth-order valence-corrected chi connectivity index (χ4v) is 5.14. The molecule has 2 aromatic heterocycles. The van der Waals surface area contributed by atoms with Gasteiger partial charge < -0.3 is 11.1 Å². The van der Waals surface area contributed by atoms with Gasteiger partial charge in [0.1, 0.15) is 11.6 Å². The summed E-state index contributed by atoms with van der Waals surface area (Å²) in [6, 6.07) is 3.35. The van der Waals surface area contributed by atoms with E-state index in [0.717, 1.165) is 29.5 Å². The number of aryl methyl sites for hydroxylation is 1. The number of anilines is 2. The van der Waals surface area contributed by atoms with Crippen LogP contribution in [0.5, 0.6) is 0 Å². The molecule has 1 aromatic carbocycles. The number of benzene rings is 1. The Hall–Kier alpha value is -2.67. The van der Waals surface area contributed by atoms with Crippen LogP contribution in [0.1, 0.15) is 19.5 Å². The normalized spacial score (nSPS) is 12.6. The van der Waals surface area contributed by atoms with Gasteiger partial charge in [0.25, 0.3) is 10.0 Å². The number of nitrogens with zero attached hydrogens (tertiary/aromatic N) is 2. The summed E-state index contributed by atoms with van der Waals surface area (Å²) in [4.78, 5) is 19.9. The van der Waals surface area contributed by atoms with E-state index in [9.17, 15) is 22.0 Å². The van der Waals surface area contributed by atoms with Gasteiger partial charge in [0.2, 0.25) is 5.91 Å². The number of carbonyl (C=O) groups excluding carboxylic acids is 1. The van der Waals surface area contributed by atoms with Gasteiger partial charge in [-0.1, -0.05) is 42.9 Å². The quantitative estimate of drug-likeness (QED) is 0.405. The van der Waals surface area contributed by atoms with E-state index in [1.54, 1.807) is 6.92 Å². The zero-order chi connectivity index (χ0) is 24.5. The lowest BCUT2D eigenvalue weighted by Crippen LogP contribution is -2.39. The topological polar surface area (TPSA) is 127 Å². The van der Waals surface area contributed by atoms with E-state index in [2.05, 4.69) is 20.0 Å². The first-order valence-corrected chi connectivity index (χ1v) is 12.2. The first-order chi connectivity index (χ1) is 15.4. The molecule has 8 nitrogen and oxygen atoms in total. The summed E-state index contributed by atoms with van der Waals surface area (Å²) in [6.45, 7) is 5.33. The van der Waals surface area contributed by atoms with Crippen molar-refractivity contribution in [2.75, 3.05) is 10.0 Å². The molecule has 0 aliphatic carbocycles. The second-order valence-electron chi connectivity index (χ2n) is 7.41. The second kappa shape index (κ2) is 9.67. The maximum Gasteiger partial charge on any atom is 0.267 e. The number of thiazole rings is 1. The number of carbonyl (C=O) groups is 1. The lowest BCUT2D eigenvalue weighted by molar-refractivity contribution is -0.118. The van der Waals surface area contributed by atoms with Crippen LogP contribution in [0.2, 0.25) is 5.15 Å². The zero-order valence-electron chi connectivity index (χ0n) is 17.7. The number of nitrogens with one attached hydrogen (secondary N) is 2. The van der Waals surface area contributed by atoms with Crippen molar-refractivity contribution < 1.29 is 22.0 Å².